The Balaban J connectivity index is 2.24. The number of halogens is 1. The Bertz CT molecular complexity index is 224. The van der Waals surface area contributed by atoms with Crippen LogP contribution in [0.25, 0.3) is 0 Å². The molecule has 0 saturated heterocycles. The fourth-order valence-electron chi connectivity index (χ4n) is 1.26. The molecule has 0 aromatic rings. The Labute approximate surface area is 88.0 Å². The molecule has 1 rings (SSSR count). The van der Waals surface area contributed by atoms with Crippen LogP contribution in [0.1, 0.15) is 25.7 Å². The summed E-state index contributed by atoms with van der Waals surface area (Å²) in [7, 11) is 0. The van der Waals surface area contributed by atoms with Crippen LogP contribution < -0.4 is 5.11 Å². The third kappa shape index (κ3) is 3.81. The first-order valence-electron chi connectivity index (χ1n) is 4.65. The zero-order valence-electron chi connectivity index (χ0n) is 7.63. The van der Waals surface area contributed by atoms with E-state index in [1.165, 1.54) is 0 Å². The van der Waals surface area contributed by atoms with Crippen molar-refractivity contribution in [2.75, 3.05) is 5.33 Å². The van der Waals surface area contributed by atoms with Crippen LogP contribution >= 0.6 is 15.9 Å². The van der Waals surface area contributed by atoms with E-state index in [0.717, 1.165) is 30.2 Å². The number of rotatable bonds is 5. The van der Waals surface area contributed by atoms with Gasteiger partial charge in [0.1, 0.15) is 0 Å². The van der Waals surface area contributed by atoms with E-state index in [9.17, 15) is 5.11 Å². The molecule has 2 heteroatoms. The molecule has 0 aromatic heterocycles. The molecule has 0 fully saturated rings. The molecule has 0 N–H and O–H groups in total. The molecule has 72 valence electrons. The molecule has 0 radical (unpaired) electrons. The van der Waals surface area contributed by atoms with E-state index in [-0.39, 0.29) is 5.76 Å². The predicted octanol–water partition coefficient (Wildman–Crippen LogP) is 2.68. The first kappa shape index (κ1) is 10.6. The fraction of sp³-hybridized carbons (Fsp3) is 0.455. The average molecular weight is 242 g/mol. The highest BCUT2D eigenvalue weighted by molar-refractivity contribution is 9.09. The van der Waals surface area contributed by atoms with Gasteiger partial charge in [0.25, 0.3) is 0 Å². The van der Waals surface area contributed by atoms with Gasteiger partial charge in [0.15, 0.2) is 0 Å². The molecule has 1 aliphatic rings. The standard InChI is InChI=1S/C11H15BrO/c12-9-5-1-2-8-11(13)10-6-3-4-7-10/h3-4,6-7,13H,1-2,5,8-9H2/p-1. The molecule has 0 atom stereocenters. The van der Waals surface area contributed by atoms with Crippen molar-refractivity contribution in [2.45, 2.75) is 25.7 Å². The summed E-state index contributed by atoms with van der Waals surface area (Å²) in [4.78, 5) is 0. The summed E-state index contributed by atoms with van der Waals surface area (Å²) in [6, 6.07) is 0. The Hall–Kier alpha value is -0.500. The van der Waals surface area contributed by atoms with Gasteiger partial charge in [0, 0.05) is 5.33 Å². The normalized spacial score (nSPS) is 14.1. The number of alkyl halides is 1. The Morgan fingerprint density at radius 2 is 1.85 bits per heavy atom. The minimum atomic E-state index is 0.277. The number of hydrogen-bond acceptors (Lipinski definition) is 1. The second kappa shape index (κ2) is 6.03. The maximum Gasteiger partial charge on any atom is 0.00313 e. The largest absolute Gasteiger partial charge is 0.875 e. The van der Waals surface area contributed by atoms with E-state index >= 15 is 0 Å². The maximum atomic E-state index is 11.5. The lowest BCUT2D eigenvalue weighted by Crippen LogP contribution is -2.05. The van der Waals surface area contributed by atoms with E-state index < -0.39 is 0 Å². The third-order valence-corrected chi connectivity index (χ3v) is 2.58. The van der Waals surface area contributed by atoms with Gasteiger partial charge in [-0.1, -0.05) is 53.1 Å². The van der Waals surface area contributed by atoms with Gasteiger partial charge in [-0.3, -0.25) is 0 Å². The summed E-state index contributed by atoms with van der Waals surface area (Å²) in [5.74, 6) is 0.277. The van der Waals surface area contributed by atoms with Crippen molar-refractivity contribution >= 4 is 15.9 Å². The zero-order chi connectivity index (χ0) is 9.52. The number of hydrogen-bond donors (Lipinski definition) is 0. The molecule has 0 saturated carbocycles. The summed E-state index contributed by atoms with van der Waals surface area (Å²) in [5, 5.41) is 12.5. The Morgan fingerprint density at radius 1 is 1.15 bits per heavy atom. The topological polar surface area (TPSA) is 23.1 Å². The van der Waals surface area contributed by atoms with Crippen molar-refractivity contribution in [2.24, 2.45) is 0 Å². The molecule has 0 spiro atoms. The van der Waals surface area contributed by atoms with Gasteiger partial charge in [-0.05, 0) is 18.4 Å². The van der Waals surface area contributed by atoms with Crippen molar-refractivity contribution in [1.29, 1.82) is 0 Å². The highest BCUT2D eigenvalue weighted by Gasteiger charge is 1.94. The summed E-state index contributed by atoms with van der Waals surface area (Å²) in [5.41, 5.74) is 0.860. The molecule has 0 aliphatic heterocycles. The van der Waals surface area contributed by atoms with Crippen LogP contribution in [-0.2, 0) is 0 Å². The van der Waals surface area contributed by atoms with Crippen molar-refractivity contribution in [1.82, 2.24) is 0 Å². The van der Waals surface area contributed by atoms with Crippen molar-refractivity contribution in [3.8, 4) is 0 Å². The molecule has 0 heterocycles. The minimum Gasteiger partial charge on any atom is -0.875 e. The second-order valence-electron chi connectivity index (χ2n) is 3.10. The fourth-order valence-corrected chi connectivity index (χ4v) is 1.66. The van der Waals surface area contributed by atoms with Crippen LogP contribution in [0.3, 0.4) is 0 Å². The van der Waals surface area contributed by atoms with Gasteiger partial charge in [0.05, 0.1) is 0 Å². The van der Waals surface area contributed by atoms with E-state index in [0.29, 0.717) is 6.42 Å². The summed E-state index contributed by atoms with van der Waals surface area (Å²) < 4.78 is 0. The molecule has 13 heavy (non-hydrogen) atoms. The van der Waals surface area contributed by atoms with Crippen molar-refractivity contribution < 1.29 is 5.11 Å². The van der Waals surface area contributed by atoms with Gasteiger partial charge in [-0.25, -0.2) is 0 Å². The molecular formula is C11H14BrO-. The molecule has 0 amide bonds. The van der Waals surface area contributed by atoms with Crippen LogP contribution in [0.5, 0.6) is 0 Å². The molecule has 1 aliphatic carbocycles. The van der Waals surface area contributed by atoms with Crippen LogP contribution in [0.15, 0.2) is 35.6 Å². The minimum absolute atomic E-state index is 0.277. The first-order valence-corrected chi connectivity index (χ1v) is 5.77. The molecule has 0 aromatic carbocycles. The highest BCUT2D eigenvalue weighted by atomic mass is 79.9. The van der Waals surface area contributed by atoms with E-state index in [1.54, 1.807) is 0 Å². The van der Waals surface area contributed by atoms with E-state index in [1.807, 2.05) is 24.3 Å². The van der Waals surface area contributed by atoms with E-state index in [2.05, 4.69) is 15.9 Å². The molecule has 0 unspecified atom stereocenters. The maximum absolute atomic E-state index is 11.5. The van der Waals surface area contributed by atoms with Crippen molar-refractivity contribution in [3.63, 3.8) is 0 Å². The lowest BCUT2D eigenvalue weighted by molar-refractivity contribution is -0.307. The predicted molar refractivity (Wildman–Crippen MR) is 57.6 cm³/mol. The van der Waals surface area contributed by atoms with Gasteiger partial charge >= 0.3 is 0 Å². The van der Waals surface area contributed by atoms with Gasteiger partial charge in [-0.15, -0.1) is 5.76 Å². The van der Waals surface area contributed by atoms with Crippen LogP contribution in [0, 0.1) is 0 Å². The lowest BCUT2D eigenvalue weighted by Gasteiger charge is -2.13. The van der Waals surface area contributed by atoms with Gasteiger partial charge in [-0.2, -0.15) is 0 Å². The summed E-state index contributed by atoms with van der Waals surface area (Å²) >= 11 is 3.37. The van der Waals surface area contributed by atoms with Crippen molar-refractivity contribution in [3.05, 3.63) is 35.6 Å². The monoisotopic (exact) mass is 241 g/mol. The average Bonchev–Trinajstić information content (AvgIpc) is 2.65. The Morgan fingerprint density at radius 3 is 2.46 bits per heavy atom. The number of allylic oxidation sites excluding steroid dienone is 6. The third-order valence-electron chi connectivity index (χ3n) is 2.02. The quantitative estimate of drug-likeness (QED) is 0.413. The van der Waals surface area contributed by atoms with Crippen LogP contribution in [-0.4, -0.2) is 5.33 Å². The van der Waals surface area contributed by atoms with Gasteiger partial charge < -0.3 is 5.11 Å². The van der Waals surface area contributed by atoms with Crippen LogP contribution in [0.2, 0.25) is 0 Å². The Kier molecular flexibility index (Phi) is 4.91. The smallest absolute Gasteiger partial charge is 0.00313 e. The second-order valence-corrected chi connectivity index (χ2v) is 3.89. The first-order chi connectivity index (χ1) is 6.34. The highest BCUT2D eigenvalue weighted by Crippen LogP contribution is 2.14. The van der Waals surface area contributed by atoms with Crippen LogP contribution in [0.4, 0.5) is 0 Å². The van der Waals surface area contributed by atoms with Gasteiger partial charge in [0.2, 0.25) is 0 Å². The molecule has 1 nitrogen and oxygen atoms in total. The zero-order valence-corrected chi connectivity index (χ0v) is 9.22. The summed E-state index contributed by atoms with van der Waals surface area (Å²) in [6.45, 7) is 0. The van der Waals surface area contributed by atoms with E-state index in [4.69, 9.17) is 0 Å². The molecular weight excluding hydrogens is 228 g/mol. The lowest BCUT2D eigenvalue weighted by atomic mass is 10.1. The SMILES string of the molecule is [O-]C(CCCCCBr)=C1C=CC=C1. The molecule has 0 bridgehead atoms. The number of unbranched alkanes of at least 4 members (excludes halogenated alkanes) is 2. The summed E-state index contributed by atoms with van der Waals surface area (Å²) in [6.07, 6.45) is 11.6.